The summed E-state index contributed by atoms with van der Waals surface area (Å²) in [5.41, 5.74) is 0. The van der Waals surface area contributed by atoms with E-state index in [1.807, 2.05) is 0 Å². The maximum Gasteiger partial charge on any atom is 0.249 e. The van der Waals surface area contributed by atoms with Gasteiger partial charge in [-0.3, -0.25) is 4.79 Å². The topological polar surface area (TPSA) is 189 Å². The molecule has 394 valence electrons. The average molecular weight is 952 g/mol. The monoisotopic (exact) mass is 952 g/mol. The maximum atomic E-state index is 13.2. The van der Waals surface area contributed by atoms with E-state index < -0.39 is 74.2 Å². The highest BCUT2D eigenvalue weighted by molar-refractivity contribution is 5.80. The van der Waals surface area contributed by atoms with Crippen LogP contribution in [0.2, 0.25) is 0 Å². The lowest BCUT2D eigenvalue weighted by Gasteiger charge is -2.40. The molecule has 1 aliphatic heterocycles. The van der Waals surface area contributed by atoms with E-state index in [0.29, 0.717) is 19.3 Å². The first-order valence-electron chi connectivity index (χ1n) is 27.9. The quantitative estimate of drug-likeness (QED) is 0.0215. The van der Waals surface area contributed by atoms with Crippen LogP contribution in [0, 0.1) is 0 Å². The van der Waals surface area contributed by atoms with E-state index >= 15 is 0 Å². The second-order valence-electron chi connectivity index (χ2n) is 19.6. The van der Waals surface area contributed by atoms with Gasteiger partial charge < -0.3 is 50.5 Å². The summed E-state index contributed by atoms with van der Waals surface area (Å²) in [6.07, 6.45) is 43.5. The van der Waals surface area contributed by atoms with Crippen LogP contribution in [0.3, 0.4) is 0 Å². The van der Waals surface area contributed by atoms with Crippen molar-refractivity contribution in [3.63, 3.8) is 0 Å². The number of nitrogens with one attached hydrogen (secondary N) is 1. The van der Waals surface area contributed by atoms with Gasteiger partial charge in [0.15, 0.2) is 6.29 Å². The first-order valence-corrected chi connectivity index (χ1v) is 27.9. The fourth-order valence-electron chi connectivity index (χ4n) is 8.81. The molecule has 67 heavy (non-hydrogen) atoms. The summed E-state index contributed by atoms with van der Waals surface area (Å²) in [5.74, 6) is -0.710. The highest BCUT2D eigenvalue weighted by Gasteiger charge is 2.44. The standard InChI is InChI=1S/C56H105NO10/c1-3-5-7-9-11-13-15-17-19-20-21-22-23-24-25-26-27-28-30-32-34-36-38-40-42-44-49(60)55(65)57-47(46-66-56-54(64)53(63)52(62)50(45-58)67-56)51(61)48(59)43-41-39-37-35-33-31-29-18-16-14-12-10-8-6-4-2/h10,12,18,29,35,37,47-54,56,58-64H,3-9,11,13-17,19-28,30-34,36,38-46H2,1-2H3,(H,57,65)/b12-10+,29-18+,37-35+. The molecular formula is C56H105NO10. The molecule has 1 fully saturated rings. The molecule has 9 unspecified atom stereocenters. The Morgan fingerprint density at radius 1 is 0.507 bits per heavy atom. The van der Waals surface area contributed by atoms with Crippen molar-refractivity contribution >= 4 is 5.91 Å². The van der Waals surface area contributed by atoms with Gasteiger partial charge in [0.2, 0.25) is 5.91 Å². The molecule has 0 spiro atoms. The van der Waals surface area contributed by atoms with Crippen molar-refractivity contribution in [1.82, 2.24) is 5.32 Å². The number of aliphatic hydroxyl groups is 7. The zero-order valence-electron chi connectivity index (χ0n) is 42.9. The lowest BCUT2D eigenvalue weighted by molar-refractivity contribution is -0.303. The summed E-state index contributed by atoms with van der Waals surface area (Å²) in [7, 11) is 0. The van der Waals surface area contributed by atoms with Crippen LogP contribution in [0.4, 0.5) is 0 Å². The molecule has 0 aliphatic carbocycles. The highest BCUT2D eigenvalue weighted by Crippen LogP contribution is 2.23. The van der Waals surface area contributed by atoms with E-state index in [1.54, 1.807) is 0 Å². The van der Waals surface area contributed by atoms with E-state index in [1.165, 1.54) is 148 Å². The van der Waals surface area contributed by atoms with E-state index in [-0.39, 0.29) is 12.8 Å². The fourth-order valence-corrected chi connectivity index (χ4v) is 8.81. The lowest BCUT2D eigenvalue weighted by atomic mass is 9.98. The molecule has 0 aromatic carbocycles. The number of amides is 1. The molecule has 0 aromatic heterocycles. The Morgan fingerprint density at radius 2 is 0.896 bits per heavy atom. The Bertz CT molecular complexity index is 1180. The van der Waals surface area contributed by atoms with E-state index in [2.05, 4.69) is 55.6 Å². The molecule has 1 amide bonds. The van der Waals surface area contributed by atoms with Gasteiger partial charge in [-0.15, -0.1) is 0 Å². The van der Waals surface area contributed by atoms with Crippen molar-refractivity contribution in [1.29, 1.82) is 0 Å². The van der Waals surface area contributed by atoms with Gasteiger partial charge in [-0.1, -0.05) is 224 Å². The van der Waals surface area contributed by atoms with Crippen LogP contribution in [0.5, 0.6) is 0 Å². The molecule has 1 aliphatic rings. The number of carbonyl (C=O) groups excluding carboxylic acids is 1. The number of allylic oxidation sites excluding steroid dienone is 6. The smallest absolute Gasteiger partial charge is 0.249 e. The summed E-state index contributed by atoms with van der Waals surface area (Å²) in [6.45, 7) is 3.40. The molecule has 0 aromatic rings. The first kappa shape index (κ1) is 63.3. The van der Waals surface area contributed by atoms with Gasteiger partial charge in [0.25, 0.3) is 0 Å². The summed E-state index contributed by atoms with van der Waals surface area (Å²) in [4.78, 5) is 13.2. The van der Waals surface area contributed by atoms with Crippen molar-refractivity contribution < 1.29 is 50.0 Å². The molecule has 1 saturated heterocycles. The van der Waals surface area contributed by atoms with Crippen LogP contribution in [0.25, 0.3) is 0 Å². The Hall–Kier alpha value is -1.67. The molecule has 0 bridgehead atoms. The van der Waals surface area contributed by atoms with Crippen molar-refractivity contribution in [3.05, 3.63) is 36.5 Å². The highest BCUT2D eigenvalue weighted by atomic mass is 16.7. The molecule has 1 heterocycles. The maximum absolute atomic E-state index is 13.2. The predicted octanol–water partition coefficient (Wildman–Crippen LogP) is 11.1. The molecular weight excluding hydrogens is 847 g/mol. The minimum atomic E-state index is -1.67. The molecule has 11 heteroatoms. The number of unbranched alkanes of at least 4 members (excludes halogenated alkanes) is 29. The first-order chi connectivity index (χ1) is 32.7. The normalized spacial score (nSPS) is 20.9. The number of ether oxygens (including phenoxy) is 2. The Morgan fingerprint density at radius 3 is 1.31 bits per heavy atom. The molecule has 9 atom stereocenters. The lowest BCUT2D eigenvalue weighted by Crippen LogP contribution is -2.60. The van der Waals surface area contributed by atoms with Gasteiger partial charge in [0, 0.05) is 0 Å². The third-order valence-corrected chi connectivity index (χ3v) is 13.4. The summed E-state index contributed by atoms with van der Waals surface area (Å²) >= 11 is 0. The summed E-state index contributed by atoms with van der Waals surface area (Å²) in [6, 6.07) is -1.19. The Balaban J connectivity index is 2.31. The van der Waals surface area contributed by atoms with Gasteiger partial charge >= 0.3 is 0 Å². The van der Waals surface area contributed by atoms with Crippen LogP contribution in [0.15, 0.2) is 36.5 Å². The van der Waals surface area contributed by atoms with E-state index in [0.717, 1.165) is 51.4 Å². The second kappa shape index (κ2) is 45.5. The fraction of sp³-hybridized carbons (Fsp3) is 0.875. The van der Waals surface area contributed by atoms with E-state index in [4.69, 9.17) is 9.47 Å². The number of rotatable bonds is 47. The number of hydrogen-bond acceptors (Lipinski definition) is 10. The average Bonchev–Trinajstić information content (AvgIpc) is 3.33. The Labute approximate surface area is 409 Å². The van der Waals surface area contributed by atoms with Gasteiger partial charge in [0.05, 0.1) is 25.4 Å². The SMILES string of the molecule is CCCC/C=C/CC/C=C/CC/C=C/CCCC(O)C(O)C(COC1OC(CO)C(O)C(O)C1O)NC(=O)C(O)CCCCCCCCCCCCCCCCCCCCCCCCCCC. The number of aliphatic hydroxyl groups excluding tert-OH is 7. The van der Waals surface area contributed by atoms with Crippen molar-refractivity contribution in [2.75, 3.05) is 13.2 Å². The number of carbonyl (C=O) groups is 1. The van der Waals surface area contributed by atoms with Gasteiger partial charge in [-0.2, -0.15) is 0 Å². The summed E-state index contributed by atoms with van der Waals surface area (Å²) in [5, 5.41) is 75.9. The largest absolute Gasteiger partial charge is 0.394 e. The minimum absolute atomic E-state index is 0.242. The van der Waals surface area contributed by atoms with Crippen LogP contribution in [0.1, 0.15) is 245 Å². The molecule has 1 rings (SSSR count). The zero-order chi connectivity index (χ0) is 49.0. The molecule has 11 nitrogen and oxygen atoms in total. The third kappa shape index (κ3) is 34.3. The Kier molecular flexibility index (Phi) is 43.0. The second-order valence-corrected chi connectivity index (χ2v) is 19.6. The van der Waals surface area contributed by atoms with Crippen molar-refractivity contribution in [2.24, 2.45) is 0 Å². The van der Waals surface area contributed by atoms with Crippen LogP contribution >= 0.6 is 0 Å². The van der Waals surface area contributed by atoms with Gasteiger partial charge in [-0.25, -0.2) is 0 Å². The van der Waals surface area contributed by atoms with Gasteiger partial charge in [0.1, 0.15) is 36.6 Å². The minimum Gasteiger partial charge on any atom is -0.394 e. The molecule has 0 radical (unpaired) electrons. The van der Waals surface area contributed by atoms with Gasteiger partial charge in [-0.05, 0) is 57.8 Å². The van der Waals surface area contributed by atoms with Crippen molar-refractivity contribution in [3.8, 4) is 0 Å². The van der Waals surface area contributed by atoms with Crippen LogP contribution < -0.4 is 5.32 Å². The van der Waals surface area contributed by atoms with E-state index in [9.17, 15) is 40.5 Å². The van der Waals surface area contributed by atoms with Crippen molar-refractivity contribution in [2.45, 2.75) is 300 Å². The van der Waals surface area contributed by atoms with Crippen LogP contribution in [-0.4, -0.2) is 110 Å². The van der Waals surface area contributed by atoms with Crippen LogP contribution in [-0.2, 0) is 14.3 Å². The number of hydrogen-bond donors (Lipinski definition) is 8. The predicted molar refractivity (Wildman–Crippen MR) is 275 cm³/mol. The molecule has 0 saturated carbocycles. The molecule has 8 N–H and O–H groups in total. The summed E-state index contributed by atoms with van der Waals surface area (Å²) < 4.78 is 11.1. The zero-order valence-corrected chi connectivity index (χ0v) is 42.9. The third-order valence-electron chi connectivity index (χ3n) is 13.4.